The third-order valence-corrected chi connectivity index (χ3v) is 3.73. The molecule has 0 amide bonds. The first kappa shape index (κ1) is 13.4. The van der Waals surface area contributed by atoms with Gasteiger partial charge in [-0.05, 0) is 25.1 Å². The third-order valence-electron chi connectivity index (χ3n) is 2.30. The highest BCUT2D eigenvalue weighted by atomic mass is 35.5. The van der Waals surface area contributed by atoms with Crippen LogP contribution in [0.5, 0.6) is 0 Å². The minimum atomic E-state index is -3.44. The number of nitrogens with one attached hydrogen (secondary N) is 2. The maximum absolute atomic E-state index is 11.8. The molecular weight excluding hydrogens is 250 g/mol. The summed E-state index contributed by atoms with van der Waals surface area (Å²) in [4.78, 5) is 3.82. The van der Waals surface area contributed by atoms with E-state index in [1.165, 1.54) is 12.3 Å². The van der Waals surface area contributed by atoms with Gasteiger partial charge in [-0.1, -0.05) is 6.07 Å². The predicted molar refractivity (Wildman–Crippen MR) is 63.1 cm³/mol. The van der Waals surface area contributed by atoms with Gasteiger partial charge in [-0.2, -0.15) is 0 Å². The van der Waals surface area contributed by atoms with Crippen molar-refractivity contribution in [3.63, 3.8) is 0 Å². The normalized spacial score (nSPS) is 20.4. The Labute approximate surface area is 101 Å². The van der Waals surface area contributed by atoms with Crippen LogP contribution in [-0.4, -0.2) is 32.5 Å². The fourth-order valence-corrected chi connectivity index (χ4v) is 2.76. The minimum absolute atomic E-state index is 0. The molecule has 1 aliphatic heterocycles. The number of sulfonamides is 1. The Kier molecular flexibility index (Phi) is 4.67. The van der Waals surface area contributed by atoms with E-state index in [1.54, 1.807) is 12.1 Å². The molecule has 7 heteroatoms. The average molecular weight is 264 g/mol. The van der Waals surface area contributed by atoms with Crippen LogP contribution in [0.2, 0.25) is 0 Å². The molecule has 0 bridgehead atoms. The largest absolute Gasteiger partial charge is 0.315 e. The first-order chi connectivity index (χ1) is 7.18. The molecule has 0 spiro atoms. The molecule has 1 atom stereocenters. The zero-order valence-corrected chi connectivity index (χ0v) is 10.2. The number of aromatic nitrogens is 1. The summed E-state index contributed by atoms with van der Waals surface area (Å²) in [7, 11) is -3.44. The highest BCUT2D eigenvalue weighted by molar-refractivity contribution is 7.89. The Morgan fingerprint density at radius 2 is 2.25 bits per heavy atom. The van der Waals surface area contributed by atoms with Gasteiger partial charge in [0, 0.05) is 18.8 Å². The Hall–Kier alpha value is -0.690. The Bertz CT molecular complexity index is 418. The van der Waals surface area contributed by atoms with E-state index in [9.17, 15) is 8.42 Å². The van der Waals surface area contributed by atoms with Crippen molar-refractivity contribution >= 4 is 22.4 Å². The number of hydrogen-bond acceptors (Lipinski definition) is 4. The quantitative estimate of drug-likeness (QED) is 0.814. The summed E-state index contributed by atoms with van der Waals surface area (Å²) in [6.07, 6.45) is 2.30. The third kappa shape index (κ3) is 3.15. The van der Waals surface area contributed by atoms with Crippen LogP contribution in [0, 0.1) is 0 Å². The van der Waals surface area contributed by atoms with Crippen LogP contribution in [0.3, 0.4) is 0 Å². The molecule has 1 aromatic rings. The Morgan fingerprint density at radius 3 is 2.81 bits per heavy atom. The molecule has 0 aromatic carbocycles. The van der Waals surface area contributed by atoms with Gasteiger partial charge in [-0.15, -0.1) is 12.4 Å². The van der Waals surface area contributed by atoms with Crippen molar-refractivity contribution in [1.29, 1.82) is 0 Å². The van der Waals surface area contributed by atoms with Crippen LogP contribution < -0.4 is 10.0 Å². The first-order valence-corrected chi connectivity index (χ1v) is 6.31. The highest BCUT2D eigenvalue weighted by Crippen LogP contribution is 2.07. The number of halogens is 1. The van der Waals surface area contributed by atoms with E-state index in [-0.39, 0.29) is 23.5 Å². The van der Waals surface area contributed by atoms with Crippen molar-refractivity contribution < 1.29 is 8.42 Å². The number of nitrogens with zero attached hydrogens (tertiary/aromatic N) is 1. The lowest BCUT2D eigenvalue weighted by molar-refractivity contribution is 0.556. The van der Waals surface area contributed by atoms with Gasteiger partial charge in [-0.3, -0.25) is 0 Å². The van der Waals surface area contributed by atoms with Crippen molar-refractivity contribution in [2.75, 3.05) is 13.1 Å². The van der Waals surface area contributed by atoms with E-state index < -0.39 is 10.0 Å². The molecule has 0 unspecified atom stereocenters. The molecule has 1 aromatic heterocycles. The molecule has 16 heavy (non-hydrogen) atoms. The zero-order chi connectivity index (χ0) is 10.7. The summed E-state index contributed by atoms with van der Waals surface area (Å²) in [6.45, 7) is 1.54. The summed E-state index contributed by atoms with van der Waals surface area (Å²) in [6, 6.07) is 4.83. The van der Waals surface area contributed by atoms with Crippen molar-refractivity contribution in [1.82, 2.24) is 15.0 Å². The highest BCUT2D eigenvalue weighted by Gasteiger charge is 2.23. The van der Waals surface area contributed by atoms with Gasteiger partial charge in [0.15, 0.2) is 5.03 Å². The summed E-state index contributed by atoms with van der Waals surface area (Å²) in [5, 5.41) is 3.18. The van der Waals surface area contributed by atoms with E-state index in [0.29, 0.717) is 6.54 Å². The van der Waals surface area contributed by atoms with E-state index in [4.69, 9.17) is 0 Å². The standard InChI is InChI=1S/C9H13N3O2S.ClH/c13-15(14,9-3-1-2-5-11-9)12-8-4-6-10-7-8;/h1-3,5,8,10,12H,4,6-7H2;1H/t8-;/m0./s1. The average Bonchev–Trinajstić information content (AvgIpc) is 2.71. The fourth-order valence-electron chi connectivity index (χ4n) is 1.54. The Morgan fingerprint density at radius 1 is 1.44 bits per heavy atom. The molecule has 1 saturated heterocycles. The molecule has 90 valence electrons. The van der Waals surface area contributed by atoms with Crippen LogP contribution >= 0.6 is 12.4 Å². The molecule has 0 saturated carbocycles. The lowest BCUT2D eigenvalue weighted by Crippen LogP contribution is -2.36. The number of hydrogen-bond donors (Lipinski definition) is 2. The summed E-state index contributed by atoms with van der Waals surface area (Å²) in [5.74, 6) is 0. The van der Waals surface area contributed by atoms with Gasteiger partial charge in [0.1, 0.15) is 0 Å². The summed E-state index contributed by atoms with van der Waals surface area (Å²) in [5.41, 5.74) is 0. The summed E-state index contributed by atoms with van der Waals surface area (Å²) >= 11 is 0. The number of pyridine rings is 1. The molecule has 0 aliphatic carbocycles. The van der Waals surface area contributed by atoms with Crippen LogP contribution in [0.15, 0.2) is 29.4 Å². The van der Waals surface area contributed by atoms with E-state index >= 15 is 0 Å². The predicted octanol–water partition coefficient (Wildman–Crippen LogP) is 0.144. The Balaban J connectivity index is 0.00000128. The van der Waals surface area contributed by atoms with E-state index in [2.05, 4.69) is 15.0 Å². The molecule has 1 fully saturated rings. The molecule has 2 N–H and O–H groups in total. The maximum Gasteiger partial charge on any atom is 0.258 e. The van der Waals surface area contributed by atoms with Crippen molar-refractivity contribution in [3.05, 3.63) is 24.4 Å². The molecule has 5 nitrogen and oxygen atoms in total. The van der Waals surface area contributed by atoms with Crippen molar-refractivity contribution in [3.8, 4) is 0 Å². The summed E-state index contributed by atoms with van der Waals surface area (Å²) < 4.78 is 26.2. The van der Waals surface area contributed by atoms with Gasteiger partial charge in [0.05, 0.1) is 0 Å². The molecule has 1 aliphatic rings. The first-order valence-electron chi connectivity index (χ1n) is 4.82. The molecule has 2 rings (SSSR count). The fraction of sp³-hybridized carbons (Fsp3) is 0.444. The van der Waals surface area contributed by atoms with Crippen LogP contribution in [0.1, 0.15) is 6.42 Å². The second-order valence-electron chi connectivity index (χ2n) is 3.48. The van der Waals surface area contributed by atoms with E-state index in [1.807, 2.05) is 0 Å². The molecular formula is C9H14ClN3O2S. The zero-order valence-electron chi connectivity index (χ0n) is 8.59. The van der Waals surface area contributed by atoms with E-state index in [0.717, 1.165) is 13.0 Å². The lowest BCUT2D eigenvalue weighted by atomic mass is 10.3. The monoisotopic (exact) mass is 263 g/mol. The van der Waals surface area contributed by atoms with Crippen molar-refractivity contribution in [2.45, 2.75) is 17.5 Å². The minimum Gasteiger partial charge on any atom is -0.315 e. The SMILES string of the molecule is Cl.O=S(=O)(N[C@H]1CCNC1)c1ccccn1. The van der Waals surface area contributed by atoms with Gasteiger partial charge in [0.2, 0.25) is 0 Å². The smallest absolute Gasteiger partial charge is 0.258 e. The second-order valence-corrected chi connectivity index (χ2v) is 5.14. The van der Waals surface area contributed by atoms with Gasteiger partial charge < -0.3 is 5.32 Å². The lowest BCUT2D eigenvalue weighted by Gasteiger charge is -2.10. The van der Waals surface area contributed by atoms with Crippen LogP contribution in [-0.2, 0) is 10.0 Å². The van der Waals surface area contributed by atoms with Gasteiger partial charge in [-0.25, -0.2) is 18.1 Å². The topological polar surface area (TPSA) is 71.1 Å². The van der Waals surface area contributed by atoms with Crippen LogP contribution in [0.4, 0.5) is 0 Å². The molecule has 0 radical (unpaired) electrons. The maximum atomic E-state index is 11.8. The van der Waals surface area contributed by atoms with Gasteiger partial charge >= 0.3 is 0 Å². The second kappa shape index (κ2) is 5.58. The molecule has 2 heterocycles. The number of rotatable bonds is 3. The van der Waals surface area contributed by atoms with Crippen molar-refractivity contribution in [2.24, 2.45) is 0 Å². The van der Waals surface area contributed by atoms with Crippen LogP contribution in [0.25, 0.3) is 0 Å². The van der Waals surface area contributed by atoms with Gasteiger partial charge in [0.25, 0.3) is 10.0 Å².